The number of hydrogen-bond acceptors (Lipinski definition) is 4. The van der Waals surface area contributed by atoms with E-state index >= 15 is 0 Å². The molecule has 0 spiro atoms. The maximum Gasteiger partial charge on any atom is 0.238 e. The highest BCUT2D eigenvalue weighted by Gasteiger charge is 2.20. The van der Waals surface area contributed by atoms with Crippen LogP contribution in [0.1, 0.15) is 39.5 Å². The zero-order valence-corrected chi connectivity index (χ0v) is 12.6. The lowest BCUT2D eigenvalue weighted by Gasteiger charge is -2.24. The molecule has 1 rings (SSSR count). The van der Waals surface area contributed by atoms with Crippen molar-refractivity contribution in [3.8, 4) is 0 Å². The van der Waals surface area contributed by atoms with E-state index in [9.17, 15) is 14.7 Å². The zero-order valence-electron chi connectivity index (χ0n) is 12.6. The fraction of sp³-hybridized carbons (Fsp3) is 0.500. The summed E-state index contributed by atoms with van der Waals surface area (Å²) in [4.78, 5) is 23.0. The van der Waals surface area contributed by atoms with Crippen molar-refractivity contribution in [1.82, 2.24) is 5.43 Å². The van der Waals surface area contributed by atoms with Crippen molar-refractivity contribution >= 4 is 17.6 Å². The number of hydrazine groups is 1. The molecular formula is C16H23N2O3-. The molecule has 0 heterocycles. The van der Waals surface area contributed by atoms with Crippen molar-refractivity contribution in [2.45, 2.75) is 39.5 Å². The Labute approximate surface area is 125 Å². The molecule has 5 nitrogen and oxygen atoms in total. The van der Waals surface area contributed by atoms with Gasteiger partial charge in [-0.05, 0) is 24.5 Å². The molecule has 1 aromatic rings. The maximum atomic E-state index is 11.8. The second kappa shape index (κ2) is 9.00. The average Bonchev–Trinajstić information content (AvgIpc) is 2.46. The Kier molecular flexibility index (Phi) is 7.29. The molecule has 0 radical (unpaired) electrons. The van der Waals surface area contributed by atoms with Gasteiger partial charge in [0.1, 0.15) is 0 Å². The fourth-order valence-corrected chi connectivity index (χ4v) is 2.21. The molecule has 0 aliphatic rings. The summed E-state index contributed by atoms with van der Waals surface area (Å²) in [6.45, 7) is 3.78. The number of carbonyl (C=O) groups is 2. The second-order valence-corrected chi connectivity index (χ2v) is 5.29. The number of carboxylic acids is 1. The van der Waals surface area contributed by atoms with Gasteiger partial charge in [-0.1, -0.05) is 44.9 Å². The highest BCUT2D eigenvalue weighted by Crippen LogP contribution is 2.21. The van der Waals surface area contributed by atoms with E-state index in [1.165, 1.54) is 0 Å². The van der Waals surface area contributed by atoms with E-state index in [4.69, 9.17) is 0 Å². The first-order valence-electron chi connectivity index (χ1n) is 7.35. The molecule has 0 bridgehead atoms. The minimum Gasteiger partial charge on any atom is -0.550 e. The van der Waals surface area contributed by atoms with Crippen molar-refractivity contribution < 1.29 is 14.7 Å². The Balaban J connectivity index is 2.42. The fourth-order valence-electron chi connectivity index (χ4n) is 2.21. The van der Waals surface area contributed by atoms with Gasteiger partial charge in [-0.25, -0.2) is 0 Å². The number of carboxylic acid groups (broad SMARTS) is 1. The first-order valence-corrected chi connectivity index (χ1v) is 7.35. The predicted octanol–water partition coefficient (Wildman–Crippen LogP) is 1.71. The summed E-state index contributed by atoms with van der Waals surface area (Å²) in [5, 5.41) is 11.1. The molecule has 2 atom stereocenters. The van der Waals surface area contributed by atoms with Crippen LogP contribution >= 0.6 is 0 Å². The average molecular weight is 291 g/mol. The van der Waals surface area contributed by atoms with Gasteiger partial charge in [0.05, 0.1) is 5.69 Å². The smallest absolute Gasteiger partial charge is 0.238 e. The molecule has 5 heteroatoms. The summed E-state index contributed by atoms with van der Waals surface area (Å²) in [7, 11) is 0. The van der Waals surface area contributed by atoms with E-state index in [-0.39, 0.29) is 18.2 Å². The summed E-state index contributed by atoms with van der Waals surface area (Å²) in [6, 6.07) is 9.25. The Morgan fingerprint density at radius 2 is 1.90 bits per heavy atom. The molecule has 0 fully saturated rings. The van der Waals surface area contributed by atoms with Crippen LogP contribution in [0.5, 0.6) is 0 Å². The Morgan fingerprint density at radius 1 is 1.24 bits per heavy atom. The third-order valence-corrected chi connectivity index (χ3v) is 3.49. The van der Waals surface area contributed by atoms with Gasteiger partial charge in [-0.2, -0.15) is 0 Å². The number of benzene rings is 1. The highest BCUT2D eigenvalue weighted by molar-refractivity contribution is 5.78. The molecule has 0 aliphatic carbocycles. The van der Waals surface area contributed by atoms with Crippen molar-refractivity contribution in [3.05, 3.63) is 30.3 Å². The van der Waals surface area contributed by atoms with Gasteiger partial charge >= 0.3 is 0 Å². The number of rotatable bonds is 9. The molecule has 21 heavy (non-hydrogen) atoms. The molecule has 0 saturated carbocycles. The highest BCUT2D eigenvalue weighted by atomic mass is 16.4. The first-order chi connectivity index (χ1) is 10.0. The van der Waals surface area contributed by atoms with Crippen molar-refractivity contribution in [1.29, 1.82) is 0 Å². The van der Waals surface area contributed by atoms with Gasteiger partial charge in [-0.3, -0.25) is 15.6 Å². The predicted molar refractivity (Wildman–Crippen MR) is 80.0 cm³/mol. The molecule has 116 valence electrons. The molecule has 1 amide bonds. The number of nitrogens with one attached hydrogen (secondary N) is 2. The summed E-state index contributed by atoms with van der Waals surface area (Å²) in [6.07, 6.45) is 2.46. The van der Waals surface area contributed by atoms with E-state index in [0.717, 1.165) is 18.5 Å². The van der Waals surface area contributed by atoms with Gasteiger partial charge in [0.15, 0.2) is 0 Å². The SMILES string of the molecule is CCCC[C@@H](C(=O)[O-])[C@H](C)CC(=O)NNc1ccccc1. The maximum absolute atomic E-state index is 11.8. The topological polar surface area (TPSA) is 81.3 Å². The summed E-state index contributed by atoms with van der Waals surface area (Å²) in [5.74, 6) is -2.12. The molecule has 1 aromatic carbocycles. The van der Waals surface area contributed by atoms with Crippen molar-refractivity contribution in [2.75, 3.05) is 5.43 Å². The molecule has 0 saturated heterocycles. The summed E-state index contributed by atoms with van der Waals surface area (Å²) < 4.78 is 0. The van der Waals surface area contributed by atoms with Crippen LogP contribution in [0.25, 0.3) is 0 Å². The van der Waals surface area contributed by atoms with Crippen LogP contribution in [0.15, 0.2) is 30.3 Å². The van der Waals surface area contributed by atoms with Crippen LogP contribution in [0, 0.1) is 11.8 Å². The van der Waals surface area contributed by atoms with Gasteiger partial charge in [0, 0.05) is 18.3 Å². The second-order valence-electron chi connectivity index (χ2n) is 5.29. The molecule has 0 aliphatic heterocycles. The van der Waals surface area contributed by atoms with Crippen LogP contribution in [0.3, 0.4) is 0 Å². The molecule has 2 N–H and O–H groups in total. The van der Waals surface area contributed by atoms with E-state index in [1.54, 1.807) is 6.92 Å². The largest absolute Gasteiger partial charge is 0.550 e. The monoisotopic (exact) mass is 291 g/mol. The van der Waals surface area contributed by atoms with Gasteiger partial charge < -0.3 is 9.90 Å². The van der Waals surface area contributed by atoms with Crippen LogP contribution in [0.2, 0.25) is 0 Å². The normalized spacial score (nSPS) is 13.2. The first kappa shape index (κ1) is 17.0. The number of hydrogen-bond donors (Lipinski definition) is 2. The quantitative estimate of drug-likeness (QED) is 0.679. The van der Waals surface area contributed by atoms with Gasteiger partial charge in [0.2, 0.25) is 5.91 Å². The zero-order chi connectivity index (χ0) is 15.7. The lowest BCUT2D eigenvalue weighted by atomic mass is 9.87. The number of unbranched alkanes of at least 4 members (excludes halogenated alkanes) is 1. The molecule has 0 unspecified atom stereocenters. The number of amides is 1. The third-order valence-electron chi connectivity index (χ3n) is 3.49. The number of carbonyl (C=O) groups excluding carboxylic acids is 2. The van der Waals surface area contributed by atoms with Crippen molar-refractivity contribution in [2.24, 2.45) is 11.8 Å². The Morgan fingerprint density at radius 3 is 2.48 bits per heavy atom. The summed E-state index contributed by atoms with van der Waals surface area (Å²) in [5.41, 5.74) is 6.15. The molecule has 0 aromatic heterocycles. The van der Waals surface area contributed by atoms with Crippen LogP contribution < -0.4 is 16.0 Å². The van der Waals surface area contributed by atoms with E-state index < -0.39 is 11.9 Å². The molecular weight excluding hydrogens is 268 g/mol. The minimum atomic E-state index is -1.07. The Hall–Kier alpha value is -2.04. The number of anilines is 1. The van der Waals surface area contributed by atoms with Crippen LogP contribution in [-0.4, -0.2) is 11.9 Å². The number of para-hydroxylation sites is 1. The standard InChI is InChI=1S/C16H24N2O3/c1-3-4-10-14(16(20)21)12(2)11-15(19)18-17-13-8-6-5-7-9-13/h5-9,12,14,17H,3-4,10-11H2,1-2H3,(H,18,19)(H,20,21)/p-1/t12-,14-/m1/s1. The van der Waals surface area contributed by atoms with Crippen LogP contribution in [-0.2, 0) is 9.59 Å². The van der Waals surface area contributed by atoms with Gasteiger partial charge in [-0.15, -0.1) is 0 Å². The van der Waals surface area contributed by atoms with E-state index in [2.05, 4.69) is 10.9 Å². The lowest BCUT2D eigenvalue weighted by molar-refractivity contribution is -0.313. The van der Waals surface area contributed by atoms with E-state index in [0.29, 0.717) is 6.42 Å². The lowest BCUT2D eigenvalue weighted by Crippen LogP contribution is -2.38. The minimum absolute atomic E-state index is 0.155. The van der Waals surface area contributed by atoms with Gasteiger partial charge in [0.25, 0.3) is 0 Å². The number of aliphatic carboxylic acids is 1. The van der Waals surface area contributed by atoms with E-state index in [1.807, 2.05) is 37.3 Å². The summed E-state index contributed by atoms with van der Waals surface area (Å²) >= 11 is 0. The van der Waals surface area contributed by atoms with Crippen LogP contribution in [0.4, 0.5) is 5.69 Å². The van der Waals surface area contributed by atoms with Crippen molar-refractivity contribution in [3.63, 3.8) is 0 Å². The third kappa shape index (κ3) is 6.29. The Bertz CT molecular complexity index is 448.